The van der Waals surface area contributed by atoms with Crippen molar-refractivity contribution < 1.29 is 9.84 Å². The Kier molecular flexibility index (Phi) is 3.41. The number of ether oxygens (including phenoxy) is 1. The topological polar surface area (TPSA) is 41.5 Å². The standard InChI is InChI=1S/C17H25NO2S/c1-16(19,12-5-9-21-10-12)11-18-14-13-4-8-20-15(13)17(14)6-2-3-7-17/h5,9-10,13-15,18-19H,2-4,6-8,11H2,1H3/t13-,14?,15-,16?/m0/s1. The fourth-order valence-corrected chi connectivity index (χ4v) is 5.77. The zero-order valence-electron chi connectivity index (χ0n) is 12.7. The first-order valence-electron chi connectivity index (χ1n) is 8.24. The number of thiophene rings is 1. The molecule has 4 atom stereocenters. The van der Waals surface area contributed by atoms with Crippen molar-refractivity contribution in [1.82, 2.24) is 5.32 Å². The molecule has 0 radical (unpaired) electrons. The summed E-state index contributed by atoms with van der Waals surface area (Å²) < 4.78 is 6.02. The Morgan fingerprint density at radius 3 is 3.00 bits per heavy atom. The van der Waals surface area contributed by atoms with E-state index in [0.29, 0.717) is 30.0 Å². The van der Waals surface area contributed by atoms with Crippen LogP contribution >= 0.6 is 11.3 Å². The Hall–Kier alpha value is -0.420. The van der Waals surface area contributed by atoms with Crippen molar-refractivity contribution in [3.8, 4) is 0 Å². The summed E-state index contributed by atoms with van der Waals surface area (Å²) in [6.07, 6.45) is 6.95. The quantitative estimate of drug-likeness (QED) is 0.899. The van der Waals surface area contributed by atoms with Crippen molar-refractivity contribution in [2.75, 3.05) is 13.2 Å². The third-order valence-corrected chi connectivity index (χ3v) is 6.78. The van der Waals surface area contributed by atoms with E-state index >= 15 is 0 Å². The van der Waals surface area contributed by atoms with Gasteiger partial charge >= 0.3 is 0 Å². The fraction of sp³-hybridized carbons (Fsp3) is 0.765. The monoisotopic (exact) mass is 307 g/mol. The molecule has 1 aliphatic heterocycles. The van der Waals surface area contributed by atoms with Crippen molar-refractivity contribution in [3.05, 3.63) is 22.4 Å². The van der Waals surface area contributed by atoms with Gasteiger partial charge in [-0.2, -0.15) is 11.3 Å². The van der Waals surface area contributed by atoms with Crippen molar-refractivity contribution in [3.63, 3.8) is 0 Å². The van der Waals surface area contributed by atoms with Crippen molar-refractivity contribution in [2.24, 2.45) is 11.3 Å². The average molecular weight is 307 g/mol. The van der Waals surface area contributed by atoms with Crippen molar-refractivity contribution in [1.29, 1.82) is 0 Å². The minimum absolute atomic E-state index is 0.367. The largest absolute Gasteiger partial charge is 0.384 e. The Labute approximate surface area is 130 Å². The molecule has 4 heteroatoms. The summed E-state index contributed by atoms with van der Waals surface area (Å²) in [4.78, 5) is 0. The van der Waals surface area contributed by atoms with E-state index in [4.69, 9.17) is 4.74 Å². The molecule has 4 rings (SSSR count). The van der Waals surface area contributed by atoms with E-state index in [-0.39, 0.29) is 0 Å². The average Bonchev–Trinajstić information content (AvgIpc) is 3.19. The number of fused-ring (bicyclic) bond motifs is 2. The van der Waals surface area contributed by atoms with E-state index in [1.54, 1.807) is 11.3 Å². The number of nitrogens with one attached hydrogen (secondary N) is 1. The van der Waals surface area contributed by atoms with Crippen LogP contribution in [-0.4, -0.2) is 30.4 Å². The van der Waals surface area contributed by atoms with Gasteiger partial charge < -0.3 is 15.2 Å². The van der Waals surface area contributed by atoms with E-state index < -0.39 is 5.60 Å². The highest BCUT2D eigenvalue weighted by molar-refractivity contribution is 7.08. The molecule has 3 nitrogen and oxygen atoms in total. The van der Waals surface area contributed by atoms with Gasteiger partial charge in [-0.25, -0.2) is 0 Å². The Bertz CT molecular complexity index is 493. The molecule has 3 aliphatic rings. The normalized spacial score (nSPS) is 36.4. The zero-order chi connectivity index (χ0) is 14.5. The minimum Gasteiger partial charge on any atom is -0.384 e. The molecule has 3 fully saturated rings. The van der Waals surface area contributed by atoms with Crippen LogP contribution in [0, 0.1) is 11.3 Å². The molecule has 0 bridgehead atoms. The van der Waals surface area contributed by atoms with Crippen molar-refractivity contribution >= 4 is 11.3 Å². The lowest BCUT2D eigenvalue weighted by Gasteiger charge is -2.57. The van der Waals surface area contributed by atoms with Gasteiger partial charge in [-0.05, 0) is 48.6 Å². The molecule has 0 amide bonds. The van der Waals surface area contributed by atoms with Crippen LogP contribution in [0.25, 0.3) is 0 Å². The Balaban J connectivity index is 1.47. The van der Waals surface area contributed by atoms with Crippen LogP contribution in [0.5, 0.6) is 0 Å². The van der Waals surface area contributed by atoms with Gasteiger partial charge in [0.25, 0.3) is 0 Å². The summed E-state index contributed by atoms with van der Waals surface area (Å²) in [5.74, 6) is 0.668. The van der Waals surface area contributed by atoms with Crippen LogP contribution in [0.1, 0.15) is 44.6 Å². The van der Waals surface area contributed by atoms with Gasteiger partial charge in [0.1, 0.15) is 0 Å². The van der Waals surface area contributed by atoms with Gasteiger partial charge in [0.15, 0.2) is 0 Å². The first-order valence-corrected chi connectivity index (χ1v) is 9.18. The minimum atomic E-state index is -0.773. The lowest BCUT2D eigenvalue weighted by atomic mass is 9.54. The van der Waals surface area contributed by atoms with Crippen LogP contribution in [0.2, 0.25) is 0 Å². The van der Waals surface area contributed by atoms with Crippen LogP contribution < -0.4 is 5.32 Å². The maximum absolute atomic E-state index is 10.7. The van der Waals surface area contributed by atoms with Gasteiger partial charge in [-0.3, -0.25) is 0 Å². The Morgan fingerprint density at radius 2 is 2.29 bits per heavy atom. The van der Waals surface area contributed by atoms with Gasteiger partial charge in [0.05, 0.1) is 11.7 Å². The smallest absolute Gasteiger partial charge is 0.1000 e. The molecular weight excluding hydrogens is 282 g/mol. The molecule has 2 unspecified atom stereocenters. The second-order valence-corrected chi connectivity index (χ2v) is 8.11. The van der Waals surface area contributed by atoms with Crippen LogP contribution in [0.3, 0.4) is 0 Å². The van der Waals surface area contributed by atoms with E-state index in [1.165, 1.54) is 32.1 Å². The predicted molar refractivity (Wildman–Crippen MR) is 84.4 cm³/mol. The lowest BCUT2D eigenvalue weighted by molar-refractivity contribution is -0.134. The summed E-state index contributed by atoms with van der Waals surface area (Å²) in [5, 5.41) is 18.5. The third-order valence-electron chi connectivity index (χ3n) is 6.10. The summed E-state index contributed by atoms with van der Waals surface area (Å²) in [5.41, 5.74) is 0.620. The summed E-state index contributed by atoms with van der Waals surface area (Å²) in [7, 11) is 0. The predicted octanol–water partition coefficient (Wildman–Crippen LogP) is 2.89. The summed E-state index contributed by atoms with van der Waals surface area (Å²) in [6, 6.07) is 2.57. The molecular formula is C17H25NO2S. The first kappa shape index (κ1) is 14.2. The summed E-state index contributed by atoms with van der Waals surface area (Å²) >= 11 is 1.65. The zero-order valence-corrected chi connectivity index (χ0v) is 13.5. The molecule has 2 aliphatic carbocycles. The number of hydrogen-bond donors (Lipinski definition) is 2. The highest BCUT2D eigenvalue weighted by atomic mass is 32.1. The third kappa shape index (κ3) is 2.11. The molecule has 1 aromatic rings. The summed E-state index contributed by atoms with van der Waals surface area (Å²) in [6.45, 7) is 3.49. The van der Waals surface area contributed by atoms with Gasteiger partial charge in [-0.15, -0.1) is 0 Å². The first-order chi connectivity index (χ1) is 10.1. The molecule has 1 aromatic heterocycles. The molecule has 116 valence electrons. The number of hydrogen-bond acceptors (Lipinski definition) is 4. The SMILES string of the molecule is CC(O)(CNC1[C@@H]2CCO[C@@H]2C12CCCC2)c1ccsc1. The molecule has 21 heavy (non-hydrogen) atoms. The maximum Gasteiger partial charge on any atom is 0.1000 e. The van der Waals surface area contributed by atoms with Gasteiger partial charge in [-0.1, -0.05) is 12.8 Å². The number of rotatable bonds is 4. The van der Waals surface area contributed by atoms with Crippen molar-refractivity contribution in [2.45, 2.75) is 56.8 Å². The molecule has 2 saturated carbocycles. The van der Waals surface area contributed by atoms with Crippen LogP contribution in [0.15, 0.2) is 16.8 Å². The molecule has 0 aromatic carbocycles. The highest BCUT2D eigenvalue weighted by Gasteiger charge is 2.64. The Morgan fingerprint density at radius 1 is 1.48 bits per heavy atom. The fourth-order valence-electron chi connectivity index (χ4n) is 4.99. The second-order valence-electron chi connectivity index (χ2n) is 7.33. The molecule has 2 heterocycles. The van der Waals surface area contributed by atoms with Gasteiger partial charge in [0.2, 0.25) is 0 Å². The highest BCUT2D eigenvalue weighted by Crippen LogP contribution is 2.60. The molecule has 1 saturated heterocycles. The van der Waals surface area contributed by atoms with E-state index in [9.17, 15) is 5.11 Å². The lowest BCUT2D eigenvalue weighted by Crippen LogP contribution is -2.68. The second kappa shape index (κ2) is 5.05. The van der Waals surface area contributed by atoms with Crippen LogP contribution in [0.4, 0.5) is 0 Å². The molecule has 2 N–H and O–H groups in total. The van der Waals surface area contributed by atoms with Crippen LogP contribution in [-0.2, 0) is 10.3 Å². The number of aliphatic hydroxyl groups is 1. The molecule has 1 spiro atoms. The maximum atomic E-state index is 10.7. The van der Waals surface area contributed by atoms with E-state index in [0.717, 1.165) is 12.2 Å². The van der Waals surface area contributed by atoms with Gasteiger partial charge in [0, 0.05) is 30.5 Å². The van der Waals surface area contributed by atoms with E-state index in [1.807, 2.05) is 18.4 Å². The van der Waals surface area contributed by atoms with E-state index in [2.05, 4.69) is 10.7 Å².